The van der Waals surface area contributed by atoms with E-state index in [0.717, 1.165) is 16.6 Å². The summed E-state index contributed by atoms with van der Waals surface area (Å²) in [4.78, 5) is 27.1. The zero-order valence-electron chi connectivity index (χ0n) is 12.4. The molecule has 3 amide bonds. The lowest BCUT2D eigenvalue weighted by Crippen LogP contribution is -2.29. The van der Waals surface area contributed by atoms with E-state index in [9.17, 15) is 9.59 Å². The Morgan fingerprint density at radius 3 is 2.86 bits per heavy atom. The number of hydrogen-bond donors (Lipinski definition) is 3. The molecule has 0 fully saturated rings. The monoisotopic (exact) mass is 322 g/mol. The number of urea groups is 1. The number of fused-ring (bicyclic) bond motifs is 1. The van der Waals surface area contributed by atoms with Crippen molar-refractivity contribution in [2.24, 2.45) is 0 Å². The Morgan fingerprint density at radius 2 is 2.14 bits per heavy atom. The van der Waals surface area contributed by atoms with E-state index in [1.807, 2.05) is 6.07 Å². The summed E-state index contributed by atoms with van der Waals surface area (Å²) < 4.78 is 5.85. The molecule has 0 radical (unpaired) electrons. The highest BCUT2D eigenvalue weighted by molar-refractivity contribution is 7.22. The Balaban J connectivity index is 1.97. The molecule has 0 aliphatic carbocycles. The van der Waals surface area contributed by atoms with Crippen molar-refractivity contribution in [3.8, 4) is 0 Å². The molecule has 1 heterocycles. The van der Waals surface area contributed by atoms with Crippen LogP contribution in [0.3, 0.4) is 0 Å². The van der Waals surface area contributed by atoms with Gasteiger partial charge in [-0.1, -0.05) is 11.3 Å². The molecule has 2 rings (SSSR count). The van der Waals surface area contributed by atoms with Gasteiger partial charge in [0, 0.05) is 32.9 Å². The number of rotatable bonds is 6. The summed E-state index contributed by atoms with van der Waals surface area (Å²) in [7, 11) is 1.62. The fraction of sp³-hybridized carbons (Fsp3) is 0.357. The maximum atomic E-state index is 11.7. The van der Waals surface area contributed by atoms with Gasteiger partial charge in [-0.15, -0.1) is 0 Å². The van der Waals surface area contributed by atoms with Crippen LogP contribution in [0.25, 0.3) is 10.2 Å². The number of nitrogens with zero attached hydrogens (tertiary/aromatic N) is 1. The number of anilines is 2. The highest BCUT2D eigenvalue weighted by Crippen LogP contribution is 2.28. The summed E-state index contributed by atoms with van der Waals surface area (Å²) >= 11 is 1.39. The summed E-state index contributed by atoms with van der Waals surface area (Å²) in [5.74, 6) is -0.159. The number of amides is 3. The minimum atomic E-state index is -0.271. The van der Waals surface area contributed by atoms with E-state index in [1.54, 1.807) is 19.2 Å². The molecule has 1 aromatic carbocycles. The molecule has 22 heavy (non-hydrogen) atoms. The third-order valence-corrected chi connectivity index (χ3v) is 3.69. The zero-order valence-corrected chi connectivity index (χ0v) is 13.3. The quantitative estimate of drug-likeness (QED) is 0.712. The number of thiazole rings is 1. The predicted octanol–water partition coefficient (Wildman–Crippen LogP) is 2.41. The van der Waals surface area contributed by atoms with Crippen LogP contribution in [-0.4, -0.2) is 37.2 Å². The normalized spacial score (nSPS) is 10.5. The van der Waals surface area contributed by atoms with Crippen molar-refractivity contribution in [2.45, 2.75) is 13.3 Å². The average molecular weight is 322 g/mol. The van der Waals surface area contributed by atoms with Gasteiger partial charge >= 0.3 is 6.03 Å². The number of ether oxygens (including phenoxy) is 1. The molecule has 7 nitrogen and oxygen atoms in total. The third-order valence-electron chi connectivity index (χ3n) is 2.74. The summed E-state index contributed by atoms with van der Waals surface area (Å²) in [5, 5.41) is 8.68. The summed E-state index contributed by atoms with van der Waals surface area (Å²) in [6.07, 6.45) is 0.759. The second-order valence-corrected chi connectivity index (χ2v) is 5.64. The Hall–Kier alpha value is -2.19. The predicted molar refractivity (Wildman–Crippen MR) is 87.4 cm³/mol. The lowest BCUT2D eigenvalue weighted by Gasteiger charge is -2.07. The van der Waals surface area contributed by atoms with Gasteiger partial charge in [0.2, 0.25) is 5.91 Å². The molecule has 118 valence electrons. The molecule has 3 N–H and O–H groups in total. The van der Waals surface area contributed by atoms with Crippen LogP contribution in [0.1, 0.15) is 13.3 Å². The van der Waals surface area contributed by atoms with Gasteiger partial charge in [-0.3, -0.25) is 4.79 Å². The van der Waals surface area contributed by atoms with Gasteiger partial charge in [0.1, 0.15) is 0 Å². The van der Waals surface area contributed by atoms with E-state index in [4.69, 9.17) is 4.74 Å². The van der Waals surface area contributed by atoms with E-state index >= 15 is 0 Å². The van der Waals surface area contributed by atoms with Crippen molar-refractivity contribution < 1.29 is 14.3 Å². The fourth-order valence-corrected chi connectivity index (χ4v) is 2.70. The summed E-state index contributed by atoms with van der Waals surface area (Å²) in [5.41, 5.74) is 1.38. The highest BCUT2D eigenvalue weighted by Gasteiger charge is 2.07. The average Bonchev–Trinajstić information content (AvgIpc) is 2.84. The minimum Gasteiger partial charge on any atom is -0.385 e. The van der Waals surface area contributed by atoms with Gasteiger partial charge < -0.3 is 20.7 Å². The SMILES string of the molecule is COCCCNC(=O)Nc1ccc2sc(NC(C)=O)nc2c1. The van der Waals surface area contributed by atoms with Crippen molar-refractivity contribution in [1.82, 2.24) is 10.3 Å². The molecule has 8 heteroatoms. The maximum absolute atomic E-state index is 11.7. The van der Waals surface area contributed by atoms with E-state index in [1.165, 1.54) is 18.3 Å². The molecule has 0 aliphatic heterocycles. The fourth-order valence-electron chi connectivity index (χ4n) is 1.80. The first-order valence-corrected chi connectivity index (χ1v) is 7.62. The first-order valence-electron chi connectivity index (χ1n) is 6.80. The van der Waals surface area contributed by atoms with Gasteiger partial charge in [-0.05, 0) is 24.6 Å². The Kier molecular flexibility index (Phi) is 5.68. The second-order valence-electron chi connectivity index (χ2n) is 4.61. The molecule has 0 saturated heterocycles. The van der Waals surface area contributed by atoms with Gasteiger partial charge in [0.05, 0.1) is 10.2 Å². The Morgan fingerprint density at radius 1 is 1.32 bits per heavy atom. The molecule has 0 unspecified atom stereocenters. The Labute approximate surface area is 132 Å². The van der Waals surface area contributed by atoms with Crippen molar-refractivity contribution in [2.75, 3.05) is 30.9 Å². The van der Waals surface area contributed by atoms with Gasteiger partial charge in [0.15, 0.2) is 5.13 Å². The Bertz CT molecular complexity index is 671. The molecule has 2 aromatic rings. The topological polar surface area (TPSA) is 92.4 Å². The number of benzene rings is 1. The molecule has 1 aromatic heterocycles. The first kappa shape index (κ1) is 16.2. The lowest BCUT2D eigenvalue weighted by atomic mass is 10.3. The number of aromatic nitrogens is 1. The van der Waals surface area contributed by atoms with E-state index in [-0.39, 0.29) is 11.9 Å². The van der Waals surface area contributed by atoms with Crippen molar-refractivity contribution in [3.63, 3.8) is 0 Å². The van der Waals surface area contributed by atoms with E-state index in [0.29, 0.717) is 24.0 Å². The number of methoxy groups -OCH3 is 1. The second kappa shape index (κ2) is 7.71. The number of nitrogens with one attached hydrogen (secondary N) is 3. The maximum Gasteiger partial charge on any atom is 0.319 e. The van der Waals surface area contributed by atoms with Crippen LogP contribution in [0, 0.1) is 0 Å². The van der Waals surface area contributed by atoms with Crippen LogP contribution in [0.4, 0.5) is 15.6 Å². The van der Waals surface area contributed by atoms with Crippen molar-refractivity contribution >= 4 is 44.3 Å². The largest absolute Gasteiger partial charge is 0.385 e. The summed E-state index contributed by atoms with van der Waals surface area (Å²) in [6, 6.07) is 5.16. The number of hydrogen-bond acceptors (Lipinski definition) is 5. The summed E-state index contributed by atoms with van der Waals surface area (Å²) in [6.45, 7) is 2.59. The van der Waals surface area contributed by atoms with E-state index in [2.05, 4.69) is 20.9 Å². The lowest BCUT2D eigenvalue weighted by molar-refractivity contribution is -0.114. The van der Waals surface area contributed by atoms with Gasteiger partial charge in [0.25, 0.3) is 0 Å². The molecular formula is C14H18N4O3S. The molecule has 0 atom stereocenters. The standard InChI is InChI=1S/C14H18N4O3S/c1-9(19)16-14-18-11-8-10(4-5-12(11)22-14)17-13(20)15-6-3-7-21-2/h4-5,8H,3,6-7H2,1-2H3,(H2,15,17,20)(H,16,18,19). The number of carbonyl (C=O) groups excluding carboxylic acids is 2. The first-order chi connectivity index (χ1) is 10.6. The van der Waals surface area contributed by atoms with Crippen molar-refractivity contribution in [3.05, 3.63) is 18.2 Å². The zero-order chi connectivity index (χ0) is 15.9. The molecule has 0 aliphatic rings. The molecular weight excluding hydrogens is 304 g/mol. The van der Waals surface area contributed by atoms with Crippen LogP contribution >= 0.6 is 11.3 Å². The van der Waals surface area contributed by atoms with E-state index < -0.39 is 0 Å². The molecule has 0 saturated carbocycles. The molecule has 0 bridgehead atoms. The van der Waals surface area contributed by atoms with Crippen LogP contribution in [0.2, 0.25) is 0 Å². The molecule has 0 spiro atoms. The van der Waals surface area contributed by atoms with Gasteiger partial charge in [-0.25, -0.2) is 9.78 Å². The third kappa shape index (κ3) is 4.68. The van der Waals surface area contributed by atoms with Crippen LogP contribution < -0.4 is 16.0 Å². The van der Waals surface area contributed by atoms with Gasteiger partial charge in [-0.2, -0.15) is 0 Å². The van der Waals surface area contributed by atoms with Crippen molar-refractivity contribution in [1.29, 1.82) is 0 Å². The smallest absolute Gasteiger partial charge is 0.319 e. The number of carbonyl (C=O) groups is 2. The van der Waals surface area contributed by atoms with Crippen LogP contribution in [0.15, 0.2) is 18.2 Å². The van der Waals surface area contributed by atoms with Crippen LogP contribution in [-0.2, 0) is 9.53 Å². The highest BCUT2D eigenvalue weighted by atomic mass is 32.1. The minimum absolute atomic E-state index is 0.159. The van der Waals surface area contributed by atoms with Crippen LogP contribution in [0.5, 0.6) is 0 Å².